The van der Waals surface area contributed by atoms with Gasteiger partial charge in [0.25, 0.3) is 0 Å². The molecule has 5 amide bonds. The predicted molar refractivity (Wildman–Crippen MR) is 186 cm³/mol. The van der Waals surface area contributed by atoms with Gasteiger partial charge < -0.3 is 35.5 Å². The number of ether oxygens (including phenoxy) is 3. The summed E-state index contributed by atoms with van der Waals surface area (Å²) in [4.78, 5) is 64.5. The lowest BCUT2D eigenvalue weighted by Crippen LogP contribution is -2.47. The highest BCUT2D eigenvalue weighted by molar-refractivity contribution is 6.01. The zero-order chi connectivity index (χ0) is 36.8. The Morgan fingerprint density at radius 2 is 1.02 bits per heavy atom. The van der Waals surface area contributed by atoms with Gasteiger partial charge in [0, 0.05) is 25.7 Å². The van der Waals surface area contributed by atoms with Gasteiger partial charge in [-0.05, 0) is 114 Å². The lowest BCUT2D eigenvalue weighted by Gasteiger charge is -2.22. The van der Waals surface area contributed by atoms with E-state index in [1.165, 1.54) is 0 Å². The largest absolute Gasteiger partial charge is 0.444 e. The molecule has 0 radical (unpaired) electrons. The normalized spacial score (nSPS) is 12.2. The molecule has 0 aliphatic heterocycles. The summed E-state index contributed by atoms with van der Waals surface area (Å²) in [5.41, 5.74) is -1.96. The molecule has 48 heavy (non-hydrogen) atoms. The van der Waals surface area contributed by atoms with Crippen molar-refractivity contribution in [2.24, 2.45) is 4.99 Å². The quantitative estimate of drug-likeness (QED) is 0.0402. The fraction of sp³-hybridized carbons (Fsp3) is 0.818. The third-order valence-corrected chi connectivity index (χ3v) is 5.86. The smallest absolute Gasteiger partial charge is 0.414 e. The van der Waals surface area contributed by atoms with Gasteiger partial charge in [0.1, 0.15) is 23.2 Å². The van der Waals surface area contributed by atoms with E-state index in [0.29, 0.717) is 26.1 Å². The molecule has 0 bridgehead atoms. The van der Waals surface area contributed by atoms with E-state index in [4.69, 9.17) is 14.2 Å². The number of hydrogen-bond donors (Lipinski definition) is 6. The van der Waals surface area contributed by atoms with E-state index in [1.807, 2.05) is 27.7 Å². The first-order valence-electron chi connectivity index (χ1n) is 16.9. The van der Waals surface area contributed by atoms with Gasteiger partial charge in [-0.1, -0.05) is 12.8 Å². The molecule has 0 aliphatic rings. The molecule has 15 nitrogen and oxygen atoms in total. The molecule has 0 saturated carbocycles. The van der Waals surface area contributed by atoms with Crippen molar-refractivity contribution >= 4 is 36.1 Å². The molecular weight excluding hydrogens is 622 g/mol. The third kappa shape index (κ3) is 29.8. The number of nitrogens with zero attached hydrogens (tertiary/aromatic N) is 1. The maximum atomic E-state index is 12.2. The number of hydrogen-bond acceptors (Lipinski definition) is 10. The van der Waals surface area contributed by atoms with Crippen molar-refractivity contribution in [2.75, 3.05) is 32.7 Å². The van der Waals surface area contributed by atoms with Crippen LogP contribution in [0, 0.1) is 0 Å². The van der Waals surface area contributed by atoms with Crippen LogP contribution in [0.5, 0.6) is 0 Å². The second kappa shape index (κ2) is 22.9. The topological polar surface area (TPSA) is 198 Å². The molecule has 0 fully saturated rings. The standard InChI is InChI=1S/C33H63N7O8/c1-24(38-28(43)46-31(2,3)4)17-22-34-18-15-16-20-36-26(42)23-25(41)35-19-13-11-12-14-21-37-27(39-29(44)47-32(5,6)7)40-30(45)48-33(8,9)10/h24,34H,11-23H2,1-10H3,(H,35,41)(H,36,42)(H,38,43)(H2,37,39,40,44,45)/t24-/m1/s1. The number of carbonyl (C=O) groups is 5. The summed E-state index contributed by atoms with van der Waals surface area (Å²) in [5, 5.41) is 16.6. The zero-order valence-electron chi connectivity index (χ0n) is 31.0. The van der Waals surface area contributed by atoms with Crippen molar-refractivity contribution in [3.63, 3.8) is 0 Å². The lowest BCUT2D eigenvalue weighted by molar-refractivity contribution is -0.129. The average molecular weight is 686 g/mol. The Hall–Kier alpha value is -3.62. The van der Waals surface area contributed by atoms with Gasteiger partial charge in [-0.3, -0.25) is 25.2 Å². The fourth-order valence-electron chi connectivity index (χ4n) is 3.82. The molecule has 0 heterocycles. The number of unbranched alkanes of at least 4 members (excludes halogenated alkanes) is 4. The van der Waals surface area contributed by atoms with Crippen LogP contribution in [0.1, 0.15) is 121 Å². The summed E-state index contributed by atoms with van der Waals surface area (Å²) in [6.45, 7) is 20.6. The zero-order valence-corrected chi connectivity index (χ0v) is 31.0. The molecule has 0 aromatic carbocycles. The van der Waals surface area contributed by atoms with Crippen LogP contribution < -0.4 is 31.9 Å². The number of carbonyl (C=O) groups excluding carboxylic acids is 5. The Kier molecular flexibility index (Phi) is 21.1. The summed E-state index contributed by atoms with van der Waals surface area (Å²) in [6.07, 6.45) is 3.35. The number of nitrogens with one attached hydrogen (secondary N) is 6. The van der Waals surface area contributed by atoms with Crippen LogP contribution in [0.2, 0.25) is 0 Å². The highest BCUT2D eigenvalue weighted by Gasteiger charge is 2.21. The fourth-order valence-corrected chi connectivity index (χ4v) is 3.82. The number of rotatable bonds is 18. The van der Waals surface area contributed by atoms with E-state index in [0.717, 1.165) is 51.6 Å². The van der Waals surface area contributed by atoms with E-state index in [-0.39, 0.29) is 30.2 Å². The Labute approximate surface area is 287 Å². The van der Waals surface area contributed by atoms with Crippen molar-refractivity contribution < 1.29 is 38.2 Å². The van der Waals surface area contributed by atoms with E-state index in [2.05, 4.69) is 36.9 Å². The van der Waals surface area contributed by atoms with E-state index in [1.54, 1.807) is 41.5 Å². The third-order valence-electron chi connectivity index (χ3n) is 5.86. The van der Waals surface area contributed by atoms with Crippen molar-refractivity contribution in [3.8, 4) is 0 Å². The van der Waals surface area contributed by atoms with Crippen molar-refractivity contribution in [3.05, 3.63) is 0 Å². The first-order valence-corrected chi connectivity index (χ1v) is 16.9. The minimum atomic E-state index is -0.747. The Balaban J connectivity index is 4.08. The van der Waals surface area contributed by atoms with Gasteiger partial charge in [0.2, 0.25) is 17.8 Å². The van der Waals surface area contributed by atoms with E-state index >= 15 is 0 Å². The Morgan fingerprint density at radius 3 is 1.52 bits per heavy atom. The molecule has 6 N–H and O–H groups in total. The predicted octanol–water partition coefficient (Wildman–Crippen LogP) is 4.25. The molecule has 15 heteroatoms. The molecule has 0 aromatic rings. The number of guanidine groups is 1. The summed E-state index contributed by atoms with van der Waals surface area (Å²) in [7, 11) is 0. The van der Waals surface area contributed by atoms with E-state index < -0.39 is 35.1 Å². The molecular formula is C33H63N7O8. The van der Waals surface area contributed by atoms with Crippen LogP contribution in [0.3, 0.4) is 0 Å². The van der Waals surface area contributed by atoms with Crippen LogP contribution in [0.4, 0.5) is 14.4 Å². The SMILES string of the molecule is C[C@H](CCNCCCCNC(=O)CC(=O)NCCCCCCN=C(NC(=O)OC(C)(C)C)NC(=O)OC(C)(C)C)NC(=O)OC(C)(C)C. The van der Waals surface area contributed by atoms with Crippen molar-refractivity contribution in [1.82, 2.24) is 31.9 Å². The summed E-state index contributed by atoms with van der Waals surface area (Å²) >= 11 is 0. The molecule has 0 unspecified atom stereocenters. The van der Waals surface area contributed by atoms with Crippen LogP contribution >= 0.6 is 0 Å². The molecule has 278 valence electrons. The molecule has 0 spiro atoms. The number of amides is 5. The number of alkyl carbamates (subject to hydrolysis) is 3. The molecule has 0 aliphatic carbocycles. The monoisotopic (exact) mass is 685 g/mol. The van der Waals surface area contributed by atoms with Gasteiger partial charge in [0.15, 0.2) is 0 Å². The molecule has 1 atom stereocenters. The summed E-state index contributed by atoms with van der Waals surface area (Å²) in [5.74, 6) is -0.688. The van der Waals surface area contributed by atoms with Crippen LogP contribution in [-0.2, 0) is 23.8 Å². The Morgan fingerprint density at radius 1 is 0.583 bits per heavy atom. The molecule has 0 saturated heterocycles. The minimum Gasteiger partial charge on any atom is -0.444 e. The molecule has 0 rings (SSSR count). The highest BCUT2D eigenvalue weighted by atomic mass is 16.6. The Bertz CT molecular complexity index is 998. The first kappa shape index (κ1) is 44.4. The van der Waals surface area contributed by atoms with Gasteiger partial charge in [-0.15, -0.1) is 0 Å². The van der Waals surface area contributed by atoms with Gasteiger partial charge >= 0.3 is 18.3 Å². The first-order chi connectivity index (χ1) is 22.1. The van der Waals surface area contributed by atoms with Gasteiger partial charge in [0.05, 0.1) is 0 Å². The van der Waals surface area contributed by atoms with E-state index in [9.17, 15) is 24.0 Å². The van der Waals surface area contributed by atoms with Crippen molar-refractivity contribution in [2.45, 2.75) is 143 Å². The van der Waals surface area contributed by atoms with Crippen LogP contribution in [0.15, 0.2) is 4.99 Å². The lowest BCUT2D eigenvalue weighted by atomic mass is 10.2. The minimum absolute atomic E-state index is 0.0106. The highest BCUT2D eigenvalue weighted by Crippen LogP contribution is 2.09. The molecule has 0 aromatic heterocycles. The van der Waals surface area contributed by atoms with Gasteiger partial charge in [-0.25, -0.2) is 14.4 Å². The summed E-state index contributed by atoms with van der Waals surface area (Å²) in [6, 6.07) is -0.0106. The van der Waals surface area contributed by atoms with Crippen molar-refractivity contribution in [1.29, 1.82) is 0 Å². The second-order valence-corrected chi connectivity index (χ2v) is 14.6. The van der Waals surface area contributed by atoms with Crippen LogP contribution in [-0.4, -0.2) is 91.6 Å². The second-order valence-electron chi connectivity index (χ2n) is 14.6. The average Bonchev–Trinajstić information content (AvgIpc) is 2.88. The number of aliphatic imine (C=N–C) groups is 1. The maximum absolute atomic E-state index is 12.2. The van der Waals surface area contributed by atoms with Crippen LogP contribution in [0.25, 0.3) is 0 Å². The maximum Gasteiger partial charge on any atom is 0.414 e. The summed E-state index contributed by atoms with van der Waals surface area (Å²) < 4.78 is 15.7. The van der Waals surface area contributed by atoms with Gasteiger partial charge in [-0.2, -0.15) is 0 Å².